The Morgan fingerprint density at radius 2 is 1.74 bits per heavy atom. The number of nitrogens with one attached hydrogen (secondary N) is 1. The van der Waals surface area contributed by atoms with Crippen molar-refractivity contribution < 1.29 is 5.11 Å². The average molecular weight is 269 g/mol. The fourth-order valence-electron chi connectivity index (χ4n) is 3.12. The Kier molecular flexibility index (Phi) is 8.72. The summed E-state index contributed by atoms with van der Waals surface area (Å²) in [4.78, 5) is 0. The molecule has 0 aromatic rings. The summed E-state index contributed by atoms with van der Waals surface area (Å²) >= 11 is 0. The van der Waals surface area contributed by atoms with Crippen molar-refractivity contribution in [1.82, 2.24) is 5.32 Å². The smallest absolute Gasteiger partial charge is 0.0512 e. The van der Waals surface area contributed by atoms with Crippen LogP contribution in [-0.2, 0) is 0 Å². The highest BCUT2D eigenvalue weighted by Gasteiger charge is 2.18. The number of hydrogen-bond acceptors (Lipinski definition) is 2. The van der Waals surface area contributed by atoms with E-state index in [0.717, 1.165) is 24.3 Å². The lowest BCUT2D eigenvalue weighted by atomic mass is 9.87. The lowest BCUT2D eigenvalue weighted by molar-refractivity contribution is 0.179. The molecular weight excluding hydrogens is 234 g/mol. The number of aliphatic hydroxyl groups is 1. The van der Waals surface area contributed by atoms with Gasteiger partial charge >= 0.3 is 0 Å². The van der Waals surface area contributed by atoms with Gasteiger partial charge in [-0.3, -0.25) is 0 Å². The molecule has 0 heterocycles. The monoisotopic (exact) mass is 269 g/mol. The van der Waals surface area contributed by atoms with Gasteiger partial charge in [-0.2, -0.15) is 0 Å². The SMILES string of the molecule is CCC(CCCCC(C)O)CNC1CCC(C)CC1. The van der Waals surface area contributed by atoms with E-state index in [-0.39, 0.29) is 6.10 Å². The van der Waals surface area contributed by atoms with Crippen LogP contribution in [0.3, 0.4) is 0 Å². The largest absolute Gasteiger partial charge is 0.393 e. The predicted molar refractivity (Wildman–Crippen MR) is 83.4 cm³/mol. The number of aliphatic hydroxyl groups excluding tert-OH is 1. The molecule has 1 saturated carbocycles. The topological polar surface area (TPSA) is 32.3 Å². The number of rotatable bonds is 9. The van der Waals surface area contributed by atoms with Crippen molar-refractivity contribution in [3.8, 4) is 0 Å². The van der Waals surface area contributed by atoms with Gasteiger partial charge in [0.2, 0.25) is 0 Å². The summed E-state index contributed by atoms with van der Waals surface area (Å²) < 4.78 is 0. The third-order valence-electron chi connectivity index (χ3n) is 4.77. The Labute approximate surface area is 120 Å². The molecule has 2 atom stereocenters. The molecule has 19 heavy (non-hydrogen) atoms. The molecule has 1 rings (SSSR count). The zero-order valence-electron chi connectivity index (χ0n) is 13.3. The minimum atomic E-state index is -0.123. The molecule has 2 unspecified atom stereocenters. The first kappa shape index (κ1) is 17.0. The summed E-state index contributed by atoms with van der Waals surface area (Å²) in [5.74, 6) is 1.77. The molecule has 2 nitrogen and oxygen atoms in total. The molecule has 0 bridgehead atoms. The van der Waals surface area contributed by atoms with E-state index in [0.29, 0.717) is 0 Å². The van der Waals surface area contributed by atoms with Crippen LogP contribution in [-0.4, -0.2) is 23.8 Å². The molecule has 0 amide bonds. The summed E-state index contributed by atoms with van der Waals surface area (Å²) in [6.45, 7) is 7.78. The van der Waals surface area contributed by atoms with E-state index >= 15 is 0 Å². The van der Waals surface area contributed by atoms with Crippen molar-refractivity contribution in [3.05, 3.63) is 0 Å². The fourth-order valence-corrected chi connectivity index (χ4v) is 3.12. The minimum Gasteiger partial charge on any atom is -0.393 e. The first-order valence-electron chi connectivity index (χ1n) is 8.53. The predicted octanol–water partition coefficient (Wildman–Crippen LogP) is 4.12. The summed E-state index contributed by atoms with van der Waals surface area (Å²) in [7, 11) is 0. The number of unbranched alkanes of at least 4 members (excludes halogenated alkanes) is 1. The first-order chi connectivity index (χ1) is 9.11. The van der Waals surface area contributed by atoms with E-state index in [1.54, 1.807) is 0 Å². The molecule has 0 radical (unpaired) electrons. The van der Waals surface area contributed by atoms with Gasteiger partial charge in [-0.05, 0) is 63.8 Å². The highest BCUT2D eigenvalue weighted by Crippen LogP contribution is 2.24. The van der Waals surface area contributed by atoms with E-state index in [4.69, 9.17) is 0 Å². The lowest BCUT2D eigenvalue weighted by Crippen LogP contribution is -2.36. The van der Waals surface area contributed by atoms with Gasteiger partial charge in [0.05, 0.1) is 6.10 Å². The molecule has 2 heteroatoms. The number of hydrogen-bond donors (Lipinski definition) is 2. The Balaban J connectivity index is 2.07. The Hall–Kier alpha value is -0.0800. The third kappa shape index (κ3) is 7.94. The quantitative estimate of drug-likeness (QED) is 0.617. The van der Waals surface area contributed by atoms with Crippen molar-refractivity contribution in [2.45, 2.75) is 90.7 Å². The molecule has 2 N–H and O–H groups in total. The molecule has 1 aliphatic rings. The Morgan fingerprint density at radius 3 is 2.32 bits per heavy atom. The maximum Gasteiger partial charge on any atom is 0.0512 e. The second-order valence-corrected chi connectivity index (χ2v) is 6.77. The van der Waals surface area contributed by atoms with Crippen molar-refractivity contribution in [2.75, 3.05) is 6.54 Å². The van der Waals surface area contributed by atoms with Gasteiger partial charge < -0.3 is 10.4 Å². The average Bonchev–Trinajstić information content (AvgIpc) is 2.39. The first-order valence-corrected chi connectivity index (χ1v) is 8.53. The molecular formula is C17H35NO. The summed E-state index contributed by atoms with van der Waals surface area (Å²) in [5.41, 5.74) is 0. The minimum absolute atomic E-state index is 0.123. The second-order valence-electron chi connectivity index (χ2n) is 6.77. The van der Waals surface area contributed by atoms with E-state index in [2.05, 4.69) is 19.2 Å². The van der Waals surface area contributed by atoms with Crippen LogP contribution in [0.2, 0.25) is 0 Å². The standard InChI is InChI=1S/C17H35NO/c1-4-16(8-6-5-7-15(3)19)13-18-17-11-9-14(2)10-12-17/h14-19H,4-13H2,1-3H3. The van der Waals surface area contributed by atoms with Crippen LogP contribution in [0.15, 0.2) is 0 Å². The van der Waals surface area contributed by atoms with Crippen LogP contribution in [0.5, 0.6) is 0 Å². The Morgan fingerprint density at radius 1 is 1.11 bits per heavy atom. The van der Waals surface area contributed by atoms with Gasteiger partial charge in [-0.25, -0.2) is 0 Å². The van der Waals surface area contributed by atoms with E-state index in [1.165, 1.54) is 57.9 Å². The molecule has 0 saturated heterocycles. The van der Waals surface area contributed by atoms with Crippen LogP contribution >= 0.6 is 0 Å². The molecule has 0 aliphatic heterocycles. The van der Waals surface area contributed by atoms with E-state index in [1.807, 2.05) is 6.92 Å². The molecule has 1 fully saturated rings. The van der Waals surface area contributed by atoms with Crippen molar-refractivity contribution in [3.63, 3.8) is 0 Å². The van der Waals surface area contributed by atoms with Crippen molar-refractivity contribution in [1.29, 1.82) is 0 Å². The van der Waals surface area contributed by atoms with Crippen LogP contribution in [0.1, 0.15) is 78.6 Å². The second kappa shape index (κ2) is 9.77. The lowest BCUT2D eigenvalue weighted by Gasteiger charge is -2.28. The highest BCUT2D eigenvalue weighted by molar-refractivity contribution is 4.76. The third-order valence-corrected chi connectivity index (χ3v) is 4.77. The van der Waals surface area contributed by atoms with E-state index in [9.17, 15) is 5.11 Å². The highest BCUT2D eigenvalue weighted by atomic mass is 16.3. The van der Waals surface area contributed by atoms with Gasteiger partial charge in [0.25, 0.3) is 0 Å². The molecule has 0 aromatic heterocycles. The van der Waals surface area contributed by atoms with Crippen molar-refractivity contribution >= 4 is 0 Å². The maximum absolute atomic E-state index is 9.26. The summed E-state index contributed by atoms with van der Waals surface area (Å²) in [6.07, 6.45) is 11.4. The van der Waals surface area contributed by atoms with Crippen LogP contribution in [0.25, 0.3) is 0 Å². The van der Waals surface area contributed by atoms with Crippen molar-refractivity contribution in [2.24, 2.45) is 11.8 Å². The fraction of sp³-hybridized carbons (Fsp3) is 1.00. The Bertz CT molecular complexity index is 209. The van der Waals surface area contributed by atoms with Gasteiger partial charge in [-0.1, -0.05) is 33.1 Å². The van der Waals surface area contributed by atoms with Gasteiger partial charge in [0.15, 0.2) is 0 Å². The molecule has 0 aromatic carbocycles. The summed E-state index contributed by atoms with van der Waals surface area (Å²) in [5, 5.41) is 13.1. The van der Waals surface area contributed by atoms with Crippen LogP contribution in [0, 0.1) is 11.8 Å². The molecule has 0 spiro atoms. The van der Waals surface area contributed by atoms with Gasteiger partial charge in [0, 0.05) is 6.04 Å². The zero-order chi connectivity index (χ0) is 14.1. The zero-order valence-corrected chi connectivity index (χ0v) is 13.3. The summed E-state index contributed by atoms with van der Waals surface area (Å²) in [6, 6.07) is 0.780. The van der Waals surface area contributed by atoms with Gasteiger partial charge in [-0.15, -0.1) is 0 Å². The molecule has 114 valence electrons. The van der Waals surface area contributed by atoms with Gasteiger partial charge in [0.1, 0.15) is 0 Å². The maximum atomic E-state index is 9.26. The normalized spacial score (nSPS) is 27.2. The van der Waals surface area contributed by atoms with Crippen LogP contribution < -0.4 is 5.32 Å². The van der Waals surface area contributed by atoms with Crippen LogP contribution in [0.4, 0.5) is 0 Å². The van der Waals surface area contributed by atoms with E-state index < -0.39 is 0 Å². The molecule has 1 aliphatic carbocycles.